The van der Waals surface area contributed by atoms with Crippen LogP contribution >= 0.6 is 0 Å². The van der Waals surface area contributed by atoms with Gasteiger partial charge in [0.1, 0.15) is 0 Å². The van der Waals surface area contributed by atoms with Gasteiger partial charge < -0.3 is 10.0 Å². The highest BCUT2D eigenvalue weighted by atomic mass is 16.4. The van der Waals surface area contributed by atoms with E-state index in [9.17, 15) is 14.7 Å². The average molecular weight is 343 g/mol. The van der Waals surface area contributed by atoms with Crippen molar-refractivity contribution in [3.63, 3.8) is 0 Å². The van der Waals surface area contributed by atoms with E-state index in [4.69, 9.17) is 0 Å². The van der Waals surface area contributed by atoms with Crippen LogP contribution in [0, 0.1) is 17.8 Å². The summed E-state index contributed by atoms with van der Waals surface area (Å²) < 4.78 is 0. The van der Waals surface area contributed by atoms with E-state index >= 15 is 0 Å². The number of benzene rings is 1. The maximum Gasteiger partial charge on any atom is 0.306 e. The first-order valence-electron chi connectivity index (χ1n) is 9.69. The van der Waals surface area contributed by atoms with Gasteiger partial charge in [-0.05, 0) is 56.4 Å². The van der Waals surface area contributed by atoms with Gasteiger partial charge in [-0.1, -0.05) is 36.8 Å². The molecular formula is C21H29NO3. The van der Waals surface area contributed by atoms with Crippen LogP contribution < -0.4 is 0 Å². The molecule has 25 heavy (non-hydrogen) atoms. The van der Waals surface area contributed by atoms with Crippen LogP contribution in [0.2, 0.25) is 0 Å². The fourth-order valence-corrected chi connectivity index (χ4v) is 4.35. The van der Waals surface area contributed by atoms with Crippen molar-refractivity contribution in [3.05, 3.63) is 35.9 Å². The summed E-state index contributed by atoms with van der Waals surface area (Å²) in [5.74, 6) is -0.242. The Morgan fingerprint density at radius 2 is 1.68 bits per heavy atom. The Morgan fingerprint density at radius 3 is 2.36 bits per heavy atom. The molecule has 2 fully saturated rings. The Kier molecular flexibility index (Phi) is 6.11. The Morgan fingerprint density at radius 1 is 1.00 bits per heavy atom. The van der Waals surface area contributed by atoms with E-state index in [0.717, 1.165) is 51.6 Å². The summed E-state index contributed by atoms with van der Waals surface area (Å²) in [7, 11) is 0. The smallest absolute Gasteiger partial charge is 0.306 e. The predicted molar refractivity (Wildman–Crippen MR) is 97.2 cm³/mol. The monoisotopic (exact) mass is 343 g/mol. The minimum atomic E-state index is -0.739. The first-order chi connectivity index (χ1) is 12.1. The molecule has 0 bridgehead atoms. The summed E-state index contributed by atoms with van der Waals surface area (Å²) in [6.07, 6.45) is 7.43. The van der Waals surface area contributed by atoms with Crippen LogP contribution in [0.25, 0.3) is 0 Å². The third-order valence-corrected chi connectivity index (χ3v) is 5.98. The normalized spacial score (nSPS) is 24.9. The van der Waals surface area contributed by atoms with E-state index in [2.05, 4.69) is 24.3 Å². The molecule has 0 spiro atoms. The molecule has 1 saturated carbocycles. The summed E-state index contributed by atoms with van der Waals surface area (Å²) in [6, 6.07) is 10.6. The first kappa shape index (κ1) is 18.0. The lowest BCUT2D eigenvalue weighted by Gasteiger charge is -2.36. The summed E-state index contributed by atoms with van der Waals surface area (Å²) in [5, 5.41) is 9.21. The predicted octanol–water partition coefficient (Wildman–Crippen LogP) is 3.75. The number of piperidine rings is 1. The van der Waals surface area contributed by atoms with Gasteiger partial charge in [0.25, 0.3) is 0 Å². The van der Waals surface area contributed by atoms with Crippen LogP contribution in [-0.2, 0) is 16.0 Å². The number of aryl methyl sites for hydroxylation is 1. The molecule has 4 nitrogen and oxygen atoms in total. The lowest BCUT2D eigenvalue weighted by Crippen LogP contribution is -2.43. The number of carbonyl (C=O) groups is 2. The van der Waals surface area contributed by atoms with Gasteiger partial charge in [-0.3, -0.25) is 9.59 Å². The fraction of sp³-hybridized carbons (Fsp3) is 0.619. The molecule has 1 aromatic rings. The number of aliphatic carboxylic acids is 1. The molecule has 1 saturated heterocycles. The zero-order valence-electron chi connectivity index (χ0n) is 14.9. The van der Waals surface area contributed by atoms with Gasteiger partial charge in [0, 0.05) is 19.0 Å². The zero-order valence-corrected chi connectivity index (χ0v) is 14.9. The topological polar surface area (TPSA) is 57.6 Å². The second kappa shape index (κ2) is 8.50. The SMILES string of the molecule is O=C(O)C1CCCC(C(=O)N2CCC(CCc3ccccc3)CC2)C1. The molecule has 1 aliphatic carbocycles. The number of hydrogen-bond donors (Lipinski definition) is 1. The average Bonchev–Trinajstić information content (AvgIpc) is 2.67. The van der Waals surface area contributed by atoms with Gasteiger partial charge in [-0.15, -0.1) is 0 Å². The highest BCUT2D eigenvalue weighted by Gasteiger charge is 2.34. The third kappa shape index (κ3) is 4.83. The van der Waals surface area contributed by atoms with E-state index in [1.165, 1.54) is 12.0 Å². The fourth-order valence-electron chi connectivity index (χ4n) is 4.35. The third-order valence-electron chi connectivity index (χ3n) is 5.98. The quantitative estimate of drug-likeness (QED) is 0.886. The molecular weight excluding hydrogens is 314 g/mol. The van der Waals surface area contributed by atoms with Crippen LogP contribution in [0.4, 0.5) is 0 Å². The van der Waals surface area contributed by atoms with Crippen LogP contribution in [0.15, 0.2) is 30.3 Å². The van der Waals surface area contributed by atoms with Crippen molar-refractivity contribution < 1.29 is 14.7 Å². The molecule has 2 aliphatic rings. The number of carboxylic acids is 1. The Bertz CT molecular complexity index is 578. The maximum absolute atomic E-state index is 12.7. The van der Waals surface area contributed by atoms with Crippen molar-refractivity contribution in [2.24, 2.45) is 17.8 Å². The molecule has 4 heteroatoms. The standard InChI is InChI=1S/C21H29NO3/c23-20(18-7-4-8-19(15-18)21(24)25)22-13-11-17(12-14-22)10-9-16-5-2-1-3-6-16/h1-3,5-6,17-19H,4,7-15H2,(H,24,25). The highest BCUT2D eigenvalue weighted by Crippen LogP contribution is 2.32. The van der Waals surface area contributed by atoms with E-state index in [-0.39, 0.29) is 17.7 Å². The molecule has 1 heterocycles. The van der Waals surface area contributed by atoms with Crippen molar-refractivity contribution in [1.29, 1.82) is 0 Å². The summed E-state index contributed by atoms with van der Waals surface area (Å²) in [6.45, 7) is 1.68. The number of amides is 1. The zero-order chi connectivity index (χ0) is 17.6. The van der Waals surface area contributed by atoms with Crippen molar-refractivity contribution >= 4 is 11.9 Å². The molecule has 1 amide bonds. The second-order valence-corrected chi connectivity index (χ2v) is 7.69. The maximum atomic E-state index is 12.7. The van der Waals surface area contributed by atoms with E-state index < -0.39 is 5.97 Å². The van der Waals surface area contributed by atoms with Gasteiger partial charge in [-0.25, -0.2) is 0 Å². The van der Waals surface area contributed by atoms with Crippen LogP contribution in [0.3, 0.4) is 0 Å². The summed E-state index contributed by atoms with van der Waals surface area (Å²) in [5.41, 5.74) is 1.39. The number of rotatable bonds is 5. The minimum Gasteiger partial charge on any atom is -0.481 e. The molecule has 3 rings (SSSR count). The van der Waals surface area contributed by atoms with Gasteiger partial charge in [-0.2, -0.15) is 0 Å². The summed E-state index contributed by atoms with van der Waals surface area (Å²) >= 11 is 0. The molecule has 136 valence electrons. The van der Waals surface area contributed by atoms with Gasteiger partial charge in [0.05, 0.1) is 5.92 Å². The Balaban J connectivity index is 1.43. The molecule has 1 aliphatic heterocycles. The van der Waals surface area contributed by atoms with Gasteiger partial charge in [0.2, 0.25) is 5.91 Å². The number of nitrogens with zero attached hydrogens (tertiary/aromatic N) is 1. The van der Waals surface area contributed by atoms with E-state index in [1.54, 1.807) is 0 Å². The van der Waals surface area contributed by atoms with E-state index in [1.807, 2.05) is 11.0 Å². The largest absolute Gasteiger partial charge is 0.481 e. The van der Waals surface area contributed by atoms with Crippen molar-refractivity contribution in [2.75, 3.05) is 13.1 Å². The molecule has 0 radical (unpaired) electrons. The van der Waals surface area contributed by atoms with Gasteiger partial charge >= 0.3 is 5.97 Å². The number of hydrogen-bond acceptors (Lipinski definition) is 2. The number of carboxylic acid groups (broad SMARTS) is 1. The van der Waals surface area contributed by atoms with Crippen molar-refractivity contribution in [3.8, 4) is 0 Å². The molecule has 2 atom stereocenters. The Hall–Kier alpha value is -1.84. The van der Waals surface area contributed by atoms with Gasteiger partial charge in [0.15, 0.2) is 0 Å². The lowest BCUT2D eigenvalue weighted by molar-refractivity contribution is -0.145. The van der Waals surface area contributed by atoms with Crippen LogP contribution in [-0.4, -0.2) is 35.0 Å². The Labute approximate surface area is 150 Å². The lowest BCUT2D eigenvalue weighted by atomic mass is 9.80. The molecule has 1 aromatic carbocycles. The van der Waals surface area contributed by atoms with Crippen molar-refractivity contribution in [2.45, 2.75) is 51.4 Å². The molecule has 1 N–H and O–H groups in total. The van der Waals surface area contributed by atoms with Crippen molar-refractivity contribution in [1.82, 2.24) is 4.90 Å². The highest BCUT2D eigenvalue weighted by molar-refractivity contribution is 5.80. The molecule has 2 unspecified atom stereocenters. The first-order valence-corrected chi connectivity index (χ1v) is 9.69. The minimum absolute atomic E-state index is 0.0734. The van der Waals surface area contributed by atoms with Crippen LogP contribution in [0.5, 0.6) is 0 Å². The summed E-state index contributed by atoms with van der Waals surface area (Å²) in [4.78, 5) is 25.9. The number of likely N-dealkylation sites (tertiary alicyclic amines) is 1. The number of carbonyl (C=O) groups excluding carboxylic acids is 1. The van der Waals surface area contributed by atoms with E-state index in [0.29, 0.717) is 12.3 Å². The molecule has 0 aromatic heterocycles. The second-order valence-electron chi connectivity index (χ2n) is 7.69. The van der Waals surface area contributed by atoms with Crippen LogP contribution in [0.1, 0.15) is 50.5 Å².